The summed E-state index contributed by atoms with van der Waals surface area (Å²) in [5.41, 5.74) is 1.01. The van der Waals surface area contributed by atoms with E-state index in [1.165, 1.54) is 0 Å². The number of ether oxygens (including phenoxy) is 3. The van der Waals surface area contributed by atoms with E-state index in [1.54, 1.807) is 7.11 Å². The first-order chi connectivity index (χ1) is 9.76. The predicted molar refractivity (Wildman–Crippen MR) is 76.6 cm³/mol. The molecule has 4 nitrogen and oxygen atoms in total. The Morgan fingerprint density at radius 2 is 2.35 bits per heavy atom. The van der Waals surface area contributed by atoms with Crippen LogP contribution in [0.15, 0.2) is 18.2 Å². The number of carbonyl (C=O) groups excluding carboxylic acids is 1. The molecule has 1 saturated heterocycles. The first-order valence-electron chi connectivity index (χ1n) is 7.11. The van der Waals surface area contributed by atoms with E-state index in [1.807, 2.05) is 25.1 Å². The van der Waals surface area contributed by atoms with Gasteiger partial charge in [0.2, 0.25) is 0 Å². The maximum absolute atomic E-state index is 10.7. The minimum atomic E-state index is 0.0780. The van der Waals surface area contributed by atoms with Gasteiger partial charge in [-0.25, -0.2) is 0 Å². The number of rotatable bonds is 6. The fraction of sp³-hybridized carbons (Fsp3) is 0.562. The van der Waals surface area contributed by atoms with Crippen LogP contribution in [0.4, 0.5) is 0 Å². The van der Waals surface area contributed by atoms with Crippen LogP contribution in [0, 0.1) is 0 Å². The van der Waals surface area contributed by atoms with Crippen LogP contribution in [-0.4, -0.2) is 32.7 Å². The van der Waals surface area contributed by atoms with E-state index in [9.17, 15) is 4.79 Å². The topological polar surface area (TPSA) is 44.8 Å². The third-order valence-electron chi connectivity index (χ3n) is 3.61. The molecule has 2 rings (SSSR count). The Labute approximate surface area is 120 Å². The molecule has 0 saturated carbocycles. The molecular formula is C16H22O4. The summed E-state index contributed by atoms with van der Waals surface area (Å²) in [6, 6.07) is 5.83. The molecule has 0 radical (unpaired) electrons. The Kier molecular flexibility index (Phi) is 5.41. The van der Waals surface area contributed by atoms with Crippen molar-refractivity contribution in [2.24, 2.45) is 0 Å². The third-order valence-corrected chi connectivity index (χ3v) is 3.61. The van der Waals surface area contributed by atoms with Gasteiger partial charge in [0.15, 0.2) is 11.5 Å². The molecule has 110 valence electrons. The van der Waals surface area contributed by atoms with Crippen LogP contribution >= 0.6 is 0 Å². The van der Waals surface area contributed by atoms with E-state index < -0.39 is 0 Å². The highest BCUT2D eigenvalue weighted by molar-refractivity contribution is 5.55. The number of para-hydroxylation sites is 1. The second-order valence-electron chi connectivity index (χ2n) is 5.14. The molecule has 0 bridgehead atoms. The molecule has 0 aromatic heterocycles. The van der Waals surface area contributed by atoms with E-state index in [0.717, 1.165) is 42.8 Å². The molecule has 20 heavy (non-hydrogen) atoms. The molecule has 2 unspecified atom stereocenters. The zero-order chi connectivity index (χ0) is 14.4. The van der Waals surface area contributed by atoms with E-state index in [4.69, 9.17) is 14.2 Å². The molecule has 1 aliphatic rings. The lowest BCUT2D eigenvalue weighted by Gasteiger charge is -2.25. The Bertz CT molecular complexity index is 438. The number of hydrogen-bond donors (Lipinski definition) is 0. The van der Waals surface area contributed by atoms with Gasteiger partial charge in [-0.3, -0.25) is 0 Å². The van der Waals surface area contributed by atoms with Crippen molar-refractivity contribution in [2.45, 2.75) is 38.2 Å². The standard InChI is InChI=1S/C16H22O4/c1-12(8-9-17)14-6-3-7-15(16(14)18-2)20-13-5-4-10-19-11-13/h3,6-7,9,12-13H,4-5,8,10-11H2,1-2H3. The first-order valence-corrected chi connectivity index (χ1v) is 7.11. The van der Waals surface area contributed by atoms with Gasteiger partial charge in [-0.05, 0) is 24.8 Å². The van der Waals surface area contributed by atoms with Crippen molar-refractivity contribution in [3.63, 3.8) is 0 Å². The van der Waals surface area contributed by atoms with Gasteiger partial charge in [0.05, 0.1) is 13.7 Å². The van der Waals surface area contributed by atoms with Crippen LogP contribution in [0.2, 0.25) is 0 Å². The Hall–Kier alpha value is -1.55. The molecule has 1 aromatic rings. The minimum Gasteiger partial charge on any atom is -0.493 e. The maximum Gasteiger partial charge on any atom is 0.164 e. The van der Waals surface area contributed by atoms with Crippen molar-refractivity contribution in [3.05, 3.63) is 23.8 Å². The van der Waals surface area contributed by atoms with E-state index in [2.05, 4.69) is 0 Å². The molecule has 0 aliphatic carbocycles. The minimum absolute atomic E-state index is 0.0780. The molecule has 2 atom stereocenters. The quantitative estimate of drug-likeness (QED) is 0.750. The summed E-state index contributed by atoms with van der Waals surface area (Å²) in [6.45, 7) is 3.45. The average Bonchev–Trinajstić information content (AvgIpc) is 2.48. The van der Waals surface area contributed by atoms with Crippen molar-refractivity contribution in [1.29, 1.82) is 0 Å². The van der Waals surface area contributed by atoms with Crippen LogP contribution in [0.25, 0.3) is 0 Å². The fourth-order valence-corrected chi connectivity index (χ4v) is 2.49. The van der Waals surface area contributed by atoms with E-state index >= 15 is 0 Å². The van der Waals surface area contributed by atoms with Crippen LogP contribution in [0.3, 0.4) is 0 Å². The average molecular weight is 278 g/mol. The maximum atomic E-state index is 10.7. The van der Waals surface area contributed by atoms with Crippen LogP contribution in [-0.2, 0) is 9.53 Å². The lowest BCUT2D eigenvalue weighted by atomic mass is 9.97. The molecule has 1 aromatic carbocycles. The summed E-state index contributed by atoms with van der Waals surface area (Å²) < 4.78 is 16.9. The third kappa shape index (κ3) is 3.51. The number of benzene rings is 1. The molecule has 4 heteroatoms. The molecule has 0 spiro atoms. The monoisotopic (exact) mass is 278 g/mol. The first kappa shape index (κ1) is 14.9. The highest BCUT2D eigenvalue weighted by atomic mass is 16.5. The van der Waals surface area contributed by atoms with Gasteiger partial charge >= 0.3 is 0 Å². The summed E-state index contributed by atoms with van der Waals surface area (Å²) in [5, 5.41) is 0. The van der Waals surface area contributed by atoms with Crippen LogP contribution < -0.4 is 9.47 Å². The van der Waals surface area contributed by atoms with Gasteiger partial charge in [0.25, 0.3) is 0 Å². The van der Waals surface area contributed by atoms with Crippen molar-refractivity contribution >= 4 is 6.29 Å². The van der Waals surface area contributed by atoms with Gasteiger partial charge in [0, 0.05) is 18.6 Å². The number of carbonyl (C=O) groups is 1. The SMILES string of the molecule is COc1c(OC2CCCOC2)cccc1C(C)CC=O. The van der Waals surface area contributed by atoms with Crippen molar-refractivity contribution < 1.29 is 19.0 Å². The highest BCUT2D eigenvalue weighted by Crippen LogP contribution is 2.37. The van der Waals surface area contributed by atoms with Gasteiger partial charge < -0.3 is 19.0 Å². The molecule has 1 heterocycles. The predicted octanol–water partition coefficient (Wildman–Crippen LogP) is 2.95. The molecule has 0 N–H and O–H groups in total. The lowest BCUT2D eigenvalue weighted by Crippen LogP contribution is -2.28. The van der Waals surface area contributed by atoms with E-state index in [0.29, 0.717) is 13.0 Å². The van der Waals surface area contributed by atoms with E-state index in [-0.39, 0.29) is 12.0 Å². The second kappa shape index (κ2) is 7.29. The number of hydrogen-bond acceptors (Lipinski definition) is 4. The molecular weight excluding hydrogens is 256 g/mol. The second-order valence-corrected chi connectivity index (χ2v) is 5.14. The largest absolute Gasteiger partial charge is 0.493 e. The summed E-state index contributed by atoms with van der Waals surface area (Å²) in [4.78, 5) is 10.7. The van der Waals surface area contributed by atoms with Crippen LogP contribution in [0.5, 0.6) is 11.5 Å². The lowest BCUT2D eigenvalue weighted by molar-refractivity contribution is -0.108. The zero-order valence-electron chi connectivity index (χ0n) is 12.1. The summed E-state index contributed by atoms with van der Waals surface area (Å²) in [7, 11) is 1.64. The van der Waals surface area contributed by atoms with Crippen molar-refractivity contribution in [3.8, 4) is 11.5 Å². The summed E-state index contributed by atoms with van der Waals surface area (Å²) in [6.07, 6.45) is 3.51. The molecule has 1 fully saturated rings. The zero-order valence-corrected chi connectivity index (χ0v) is 12.1. The summed E-state index contributed by atoms with van der Waals surface area (Å²) in [5.74, 6) is 1.58. The van der Waals surface area contributed by atoms with Crippen molar-refractivity contribution in [1.82, 2.24) is 0 Å². The fourth-order valence-electron chi connectivity index (χ4n) is 2.49. The Balaban J connectivity index is 2.19. The van der Waals surface area contributed by atoms with Gasteiger partial charge in [-0.1, -0.05) is 19.1 Å². The van der Waals surface area contributed by atoms with Gasteiger partial charge in [0.1, 0.15) is 12.4 Å². The number of aldehydes is 1. The van der Waals surface area contributed by atoms with Crippen molar-refractivity contribution in [2.75, 3.05) is 20.3 Å². The summed E-state index contributed by atoms with van der Waals surface area (Å²) >= 11 is 0. The van der Waals surface area contributed by atoms with Gasteiger partial charge in [-0.15, -0.1) is 0 Å². The highest BCUT2D eigenvalue weighted by Gasteiger charge is 2.20. The Morgan fingerprint density at radius 1 is 1.50 bits per heavy atom. The van der Waals surface area contributed by atoms with Crippen LogP contribution in [0.1, 0.15) is 37.7 Å². The smallest absolute Gasteiger partial charge is 0.164 e. The normalized spacial score (nSPS) is 20.2. The van der Waals surface area contributed by atoms with Gasteiger partial charge in [-0.2, -0.15) is 0 Å². The molecule has 0 amide bonds. The molecule has 1 aliphatic heterocycles. The Morgan fingerprint density at radius 3 is 3.00 bits per heavy atom. The number of methoxy groups -OCH3 is 1.